The number of nitrogens with one attached hydrogen (secondary N) is 1. The van der Waals surface area contributed by atoms with E-state index in [-0.39, 0.29) is 12.0 Å². The standard InChI is InChI=1S/C17H25N3O3/c1-14(2)23-16-5-3-15(4-6-16)18-17(22)7-8-19-9-11-20(13-21)12-10-19/h3-6,13-14H,7-12H2,1-2H3,(H,18,22). The zero-order valence-corrected chi connectivity index (χ0v) is 13.8. The van der Waals surface area contributed by atoms with Gasteiger partial charge in [0.1, 0.15) is 5.75 Å². The number of hydrogen-bond donors (Lipinski definition) is 1. The fourth-order valence-electron chi connectivity index (χ4n) is 2.46. The van der Waals surface area contributed by atoms with Crippen molar-refractivity contribution in [1.29, 1.82) is 0 Å². The number of nitrogens with zero attached hydrogens (tertiary/aromatic N) is 2. The summed E-state index contributed by atoms with van der Waals surface area (Å²) < 4.78 is 5.57. The number of carbonyl (C=O) groups excluding carboxylic acids is 2. The van der Waals surface area contributed by atoms with Crippen LogP contribution in [-0.2, 0) is 9.59 Å². The summed E-state index contributed by atoms with van der Waals surface area (Å²) in [6.07, 6.45) is 1.47. The van der Waals surface area contributed by atoms with Crippen molar-refractivity contribution < 1.29 is 14.3 Å². The Morgan fingerprint density at radius 1 is 1.22 bits per heavy atom. The molecule has 1 heterocycles. The van der Waals surface area contributed by atoms with Gasteiger partial charge in [0.15, 0.2) is 0 Å². The first-order chi connectivity index (χ1) is 11.1. The van der Waals surface area contributed by atoms with Crippen LogP contribution in [0.1, 0.15) is 20.3 Å². The maximum absolute atomic E-state index is 12.0. The van der Waals surface area contributed by atoms with Gasteiger partial charge in [0.25, 0.3) is 0 Å². The first-order valence-corrected chi connectivity index (χ1v) is 8.05. The molecule has 2 rings (SSSR count). The molecule has 0 bridgehead atoms. The molecule has 0 radical (unpaired) electrons. The Labute approximate surface area is 137 Å². The van der Waals surface area contributed by atoms with Crippen molar-refractivity contribution >= 4 is 18.0 Å². The molecule has 1 aromatic rings. The molecule has 1 saturated heterocycles. The van der Waals surface area contributed by atoms with E-state index < -0.39 is 0 Å². The number of hydrogen-bond acceptors (Lipinski definition) is 4. The monoisotopic (exact) mass is 319 g/mol. The summed E-state index contributed by atoms with van der Waals surface area (Å²) in [6.45, 7) is 7.80. The average Bonchev–Trinajstić information content (AvgIpc) is 2.55. The van der Waals surface area contributed by atoms with Crippen LogP contribution in [0.5, 0.6) is 5.75 Å². The summed E-state index contributed by atoms with van der Waals surface area (Å²) in [7, 11) is 0. The minimum Gasteiger partial charge on any atom is -0.491 e. The number of piperazine rings is 1. The largest absolute Gasteiger partial charge is 0.491 e. The van der Waals surface area contributed by atoms with E-state index in [0.29, 0.717) is 13.0 Å². The molecule has 1 N–H and O–H groups in total. The van der Waals surface area contributed by atoms with E-state index in [9.17, 15) is 9.59 Å². The Kier molecular flexibility index (Phi) is 6.40. The van der Waals surface area contributed by atoms with E-state index in [0.717, 1.165) is 44.0 Å². The van der Waals surface area contributed by atoms with E-state index >= 15 is 0 Å². The smallest absolute Gasteiger partial charge is 0.225 e. The molecule has 6 nitrogen and oxygen atoms in total. The lowest BCUT2D eigenvalue weighted by Gasteiger charge is -2.32. The van der Waals surface area contributed by atoms with E-state index in [1.54, 1.807) is 4.90 Å². The van der Waals surface area contributed by atoms with Crippen molar-refractivity contribution in [2.75, 3.05) is 38.0 Å². The number of carbonyl (C=O) groups is 2. The molecular formula is C17H25N3O3. The average molecular weight is 319 g/mol. The van der Waals surface area contributed by atoms with Crippen LogP contribution in [0.25, 0.3) is 0 Å². The number of benzene rings is 1. The molecule has 0 unspecified atom stereocenters. The summed E-state index contributed by atoms with van der Waals surface area (Å²) in [5.41, 5.74) is 0.775. The molecule has 126 valence electrons. The first-order valence-electron chi connectivity index (χ1n) is 8.05. The van der Waals surface area contributed by atoms with Gasteiger partial charge >= 0.3 is 0 Å². The highest BCUT2D eigenvalue weighted by molar-refractivity contribution is 5.90. The van der Waals surface area contributed by atoms with Crippen LogP contribution in [0.3, 0.4) is 0 Å². The van der Waals surface area contributed by atoms with Gasteiger partial charge in [-0.05, 0) is 38.1 Å². The summed E-state index contributed by atoms with van der Waals surface area (Å²) in [5.74, 6) is 0.798. The van der Waals surface area contributed by atoms with Gasteiger partial charge in [-0.15, -0.1) is 0 Å². The van der Waals surface area contributed by atoms with Crippen molar-refractivity contribution in [1.82, 2.24) is 9.80 Å². The van der Waals surface area contributed by atoms with Crippen LogP contribution in [0.4, 0.5) is 5.69 Å². The summed E-state index contributed by atoms with van der Waals surface area (Å²) in [5, 5.41) is 2.89. The Bertz CT molecular complexity index is 508. The second-order valence-corrected chi connectivity index (χ2v) is 5.97. The molecule has 0 saturated carbocycles. The van der Waals surface area contributed by atoms with Crippen LogP contribution in [0.2, 0.25) is 0 Å². The lowest BCUT2D eigenvalue weighted by Crippen LogP contribution is -2.46. The fraction of sp³-hybridized carbons (Fsp3) is 0.529. The number of rotatable bonds is 7. The Hall–Kier alpha value is -2.08. The van der Waals surface area contributed by atoms with Gasteiger partial charge in [-0.1, -0.05) is 0 Å². The quantitative estimate of drug-likeness (QED) is 0.775. The van der Waals surface area contributed by atoms with Gasteiger partial charge in [0, 0.05) is 44.8 Å². The summed E-state index contributed by atoms with van der Waals surface area (Å²) in [4.78, 5) is 26.6. The molecule has 23 heavy (non-hydrogen) atoms. The highest BCUT2D eigenvalue weighted by Crippen LogP contribution is 2.17. The van der Waals surface area contributed by atoms with Crippen LogP contribution < -0.4 is 10.1 Å². The second kappa shape index (κ2) is 8.53. The van der Waals surface area contributed by atoms with E-state index in [1.165, 1.54) is 0 Å². The maximum atomic E-state index is 12.0. The third-order valence-electron chi connectivity index (χ3n) is 3.72. The maximum Gasteiger partial charge on any atom is 0.225 e. The van der Waals surface area contributed by atoms with Crippen LogP contribution in [-0.4, -0.2) is 60.9 Å². The van der Waals surface area contributed by atoms with Crippen LogP contribution >= 0.6 is 0 Å². The zero-order valence-electron chi connectivity index (χ0n) is 13.8. The molecule has 1 aliphatic heterocycles. The van der Waals surface area contributed by atoms with Gasteiger partial charge in [-0.3, -0.25) is 14.5 Å². The number of ether oxygens (including phenoxy) is 1. The molecule has 1 fully saturated rings. The van der Waals surface area contributed by atoms with Gasteiger partial charge in [0.05, 0.1) is 6.10 Å². The van der Waals surface area contributed by atoms with Crippen molar-refractivity contribution in [3.63, 3.8) is 0 Å². The number of anilines is 1. The lowest BCUT2D eigenvalue weighted by molar-refractivity contribution is -0.120. The summed E-state index contributed by atoms with van der Waals surface area (Å²) >= 11 is 0. The van der Waals surface area contributed by atoms with Crippen LogP contribution in [0.15, 0.2) is 24.3 Å². The fourth-order valence-corrected chi connectivity index (χ4v) is 2.46. The van der Waals surface area contributed by atoms with Crippen molar-refractivity contribution in [3.8, 4) is 5.75 Å². The Morgan fingerprint density at radius 3 is 2.43 bits per heavy atom. The Balaban J connectivity index is 1.71. The normalized spacial score (nSPS) is 15.5. The van der Waals surface area contributed by atoms with E-state index in [1.807, 2.05) is 38.1 Å². The van der Waals surface area contributed by atoms with E-state index in [4.69, 9.17) is 4.74 Å². The second-order valence-electron chi connectivity index (χ2n) is 5.97. The first kappa shape index (κ1) is 17.3. The van der Waals surface area contributed by atoms with Crippen molar-refractivity contribution in [2.45, 2.75) is 26.4 Å². The van der Waals surface area contributed by atoms with Crippen molar-refractivity contribution in [3.05, 3.63) is 24.3 Å². The molecule has 0 spiro atoms. The molecule has 1 aromatic carbocycles. The lowest BCUT2D eigenvalue weighted by atomic mass is 10.2. The zero-order chi connectivity index (χ0) is 16.7. The minimum absolute atomic E-state index is 0.000319. The van der Waals surface area contributed by atoms with Crippen LogP contribution in [0, 0.1) is 0 Å². The minimum atomic E-state index is 0.000319. The molecule has 1 aliphatic rings. The van der Waals surface area contributed by atoms with Gasteiger partial charge in [-0.2, -0.15) is 0 Å². The summed E-state index contributed by atoms with van der Waals surface area (Å²) in [6, 6.07) is 7.40. The molecule has 2 amide bonds. The number of amides is 2. The predicted octanol–water partition coefficient (Wildman–Crippen LogP) is 1.58. The van der Waals surface area contributed by atoms with Gasteiger partial charge < -0.3 is 15.0 Å². The Morgan fingerprint density at radius 2 is 1.87 bits per heavy atom. The predicted molar refractivity (Wildman–Crippen MR) is 89.5 cm³/mol. The molecular weight excluding hydrogens is 294 g/mol. The third-order valence-corrected chi connectivity index (χ3v) is 3.72. The topological polar surface area (TPSA) is 61.9 Å². The molecule has 0 aromatic heterocycles. The third kappa shape index (κ3) is 5.90. The molecule has 0 atom stereocenters. The van der Waals surface area contributed by atoms with Gasteiger partial charge in [0.2, 0.25) is 12.3 Å². The molecule has 0 aliphatic carbocycles. The van der Waals surface area contributed by atoms with Gasteiger partial charge in [-0.25, -0.2) is 0 Å². The highest BCUT2D eigenvalue weighted by atomic mass is 16.5. The SMILES string of the molecule is CC(C)Oc1ccc(NC(=O)CCN2CCN(C=O)CC2)cc1. The highest BCUT2D eigenvalue weighted by Gasteiger charge is 2.16. The van der Waals surface area contributed by atoms with Crippen molar-refractivity contribution in [2.24, 2.45) is 0 Å². The van der Waals surface area contributed by atoms with E-state index in [2.05, 4.69) is 10.2 Å². The molecule has 6 heteroatoms.